The molecular formula is C12H17N3O. The van der Waals surface area contributed by atoms with Gasteiger partial charge in [-0.05, 0) is 30.5 Å². The molecule has 0 aromatic carbocycles. The number of nitrogens with one attached hydrogen (secondary N) is 1. The fraction of sp³-hybridized carbons (Fsp3) is 0.500. The van der Waals surface area contributed by atoms with Gasteiger partial charge in [0.2, 0.25) is 5.91 Å². The Labute approximate surface area is 95.2 Å². The van der Waals surface area contributed by atoms with E-state index in [1.807, 2.05) is 12.1 Å². The van der Waals surface area contributed by atoms with Crippen LogP contribution in [0, 0.1) is 0 Å². The first kappa shape index (κ1) is 11.1. The number of carbonyl (C=O) groups excluding carboxylic acids is 1. The predicted molar refractivity (Wildman–Crippen MR) is 61.3 cm³/mol. The SMILES string of the molecule is NNC(=O)C1(c2ccncc2)CCCCC1. The molecule has 0 aliphatic heterocycles. The van der Waals surface area contributed by atoms with Crippen molar-refractivity contribution in [1.82, 2.24) is 10.4 Å². The Morgan fingerprint density at radius 1 is 1.25 bits per heavy atom. The van der Waals surface area contributed by atoms with Crippen LogP contribution >= 0.6 is 0 Å². The molecule has 1 aliphatic rings. The van der Waals surface area contributed by atoms with Gasteiger partial charge in [-0.2, -0.15) is 0 Å². The quantitative estimate of drug-likeness (QED) is 0.447. The van der Waals surface area contributed by atoms with Crippen LogP contribution < -0.4 is 11.3 Å². The molecule has 0 unspecified atom stereocenters. The van der Waals surface area contributed by atoms with Gasteiger partial charge in [0.25, 0.3) is 0 Å². The molecule has 0 atom stereocenters. The molecule has 2 rings (SSSR count). The number of carbonyl (C=O) groups is 1. The molecule has 86 valence electrons. The fourth-order valence-corrected chi connectivity index (χ4v) is 2.61. The fourth-order valence-electron chi connectivity index (χ4n) is 2.61. The molecule has 0 bridgehead atoms. The van der Waals surface area contributed by atoms with Gasteiger partial charge in [-0.3, -0.25) is 15.2 Å². The van der Waals surface area contributed by atoms with E-state index in [2.05, 4.69) is 10.4 Å². The maximum Gasteiger partial charge on any atom is 0.244 e. The van der Waals surface area contributed by atoms with E-state index in [1.54, 1.807) is 12.4 Å². The molecule has 3 N–H and O–H groups in total. The van der Waals surface area contributed by atoms with Crippen molar-refractivity contribution in [3.8, 4) is 0 Å². The highest BCUT2D eigenvalue weighted by molar-refractivity contribution is 5.87. The molecule has 1 saturated carbocycles. The van der Waals surface area contributed by atoms with Gasteiger partial charge in [0.1, 0.15) is 0 Å². The lowest BCUT2D eigenvalue weighted by molar-refractivity contribution is -0.128. The second-order valence-corrected chi connectivity index (χ2v) is 4.35. The topological polar surface area (TPSA) is 68.0 Å². The number of hydrogen-bond acceptors (Lipinski definition) is 3. The molecule has 0 radical (unpaired) electrons. The number of nitrogens with two attached hydrogens (primary N) is 1. The lowest BCUT2D eigenvalue weighted by Crippen LogP contribution is -2.48. The predicted octanol–water partition coefficient (Wildman–Crippen LogP) is 1.27. The largest absolute Gasteiger partial charge is 0.293 e. The number of hydrogen-bond donors (Lipinski definition) is 2. The van der Waals surface area contributed by atoms with Gasteiger partial charge in [-0.1, -0.05) is 19.3 Å². The van der Waals surface area contributed by atoms with Crippen molar-refractivity contribution in [2.45, 2.75) is 37.5 Å². The summed E-state index contributed by atoms with van der Waals surface area (Å²) in [5, 5.41) is 0. The zero-order valence-electron chi connectivity index (χ0n) is 9.28. The number of amides is 1. The molecule has 1 amide bonds. The Balaban J connectivity index is 2.38. The Hall–Kier alpha value is -1.42. The van der Waals surface area contributed by atoms with Gasteiger partial charge in [-0.25, -0.2) is 5.84 Å². The smallest absolute Gasteiger partial charge is 0.244 e. The van der Waals surface area contributed by atoms with Gasteiger partial charge in [0.05, 0.1) is 5.41 Å². The summed E-state index contributed by atoms with van der Waals surface area (Å²) in [6, 6.07) is 3.83. The number of aromatic nitrogens is 1. The first-order valence-corrected chi connectivity index (χ1v) is 5.71. The van der Waals surface area contributed by atoms with Gasteiger partial charge in [-0.15, -0.1) is 0 Å². The average Bonchev–Trinajstić information content (AvgIpc) is 2.39. The summed E-state index contributed by atoms with van der Waals surface area (Å²) in [6.07, 6.45) is 8.57. The van der Waals surface area contributed by atoms with E-state index in [1.165, 1.54) is 6.42 Å². The molecular weight excluding hydrogens is 202 g/mol. The number of rotatable bonds is 2. The number of pyridine rings is 1. The van der Waals surface area contributed by atoms with Crippen molar-refractivity contribution in [3.05, 3.63) is 30.1 Å². The monoisotopic (exact) mass is 219 g/mol. The normalized spacial score (nSPS) is 19.1. The minimum absolute atomic E-state index is 0.0709. The third-order valence-corrected chi connectivity index (χ3v) is 3.51. The second kappa shape index (κ2) is 4.61. The Morgan fingerprint density at radius 2 is 1.88 bits per heavy atom. The van der Waals surface area contributed by atoms with Crippen LogP contribution in [0.25, 0.3) is 0 Å². The van der Waals surface area contributed by atoms with Crippen LogP contribution in [0.1, 0.15) is 37.7 Å². The van der Waals surface area contributed by atoms with Crippen LogP contribution in [0.4, 0.5) is 0 Å². The van der Waals surface area contributed by atoms with E-state index >= 15 is 0 Å². The first-order chi connectivity index (χ1) is 7.79. The lowest BCUT2D eigenvalue weighted by atomic mass is 9.69. The summed E-state index contributed by atoms with van der Waals surface area (Å²) in [6.45, 7) is 0. The number of nitrogens with zero attached hydrogens (tertiary/aromatic N) is 1. The van der Waals surface area contributed by atoms with E-state index in [9.17, 15) is 4.79 Å². The Morgan fingerprint density at radius 3 is 2.44 bits per heavy atom. The van der Waals surface area contributed by atoms with Crippen LogP contribution in [-0.4, -0.2) is 10.9 Å². The molecule has 4 nitrogen and oxygen atoms in total. The highest BCUT2D eigenvalue weighted by Gasteiger charge is 2.40. The minimum Gasteiger partial charge on any atom is -0.293 e. The highest BCUT2D eigenvalue weighted by atomic mass is 16.2. The summed E-state index contributed by atoms with van der Waals surface area (Å²) >= 11 is 0. The van der Waals surface area contributed by atoms with Gasteiger partial charge < -0.3 is 0 Å². The van der Waals surface area contributed by atoms with Gasteiger partial charge in [0.15, 0.2) is 0 Å². The van der Waals surface area contributed by atoms with Crippen molar-refractivity contribution in [3.63, 3.8) is 0 Å². The van der Waals surface area contributed by atoms with E-state index < -0.39 is 5.41 Å². The molecule has 1 fully saturated rings. The van der Waals surface area contributed by atoms with Crippen molar-refractivity contribution in [2.75, 3.05) is 0 Å². The standard InChI is InChI=1S/C12H17N3O/c13-15-11(16)12(6-2-1-3-7-12)10-4-8-14-9-5-10/h4-5,8-9H,1-3,6-7,13H2,(H,15,16). The summed E-state index contributed by atoms with van der Waals surface area (Å²) in [5.74, 6) is 5.24. The molecule has 0 spiro atoms. The van der Waals surface area contributed by atoms with Gasteiger partial charge in [0, 0.05) is 12.4 Å². The maximum atomic E-state index is 12.0. The lowest BCUT2D eigenvalue weighted by Gasteiger charge is -2.35. The molecule has 0 saturated heterocycles. The molecule has 16 heavy (non-hydrogen) atoms. The van der Waals surface area contributed by atoms with Crippen molar-refractivity contribution < 1.29 is 4.79 Å². The van der Waals surface area contributed by atoms with Crippen molar-refractivity contribution in [1.29, 1.82) is 0 Å². The zero-order chi connectivity index (χ0) is 11.4. The molecule has 1 aromatic heterocycles. The average molecular weight is 219 g/mol. The molecule has 1 aromatic rings. The van der Waals surface area contributed by atoms with E-state index in [0.29, 0.717) is 0 Å². The van der Waals surface area contributed by atoms with E-state index in [-0.39, 0.29) is 5.91 Å². The van der Waals surface area contributed by atoms with Crippen LogP contribution in [0.2, 0.25) is 0 Å². The third kappa shape index (κ3) is 1.80. The van der Waals surface area contributed by atoms with Crippen molar-refractivity contribution >= 4 is 5.91 Å². The van der Waals surface area contributed by atoms with Crippen LogP contribution in [0.5, 0.6) is 0 Å². The van der Waals surface area contributed by atoms with E-state index in [0.717, 1.165) is 31.2 Å². The molecule has 1 heterocycles. The number of hydrazine groups is 1. The first-order valence-electron chi connectivity index (χ1n) is 5.71. The summed E-state index contributed by atoms with van der Waals surface area (Å²) in [4.78, 5) is 16.0. The maximum absolute atomic E-state index is 12.0. The Bertz CT molecular complexity index is 358. The minimum atomic E-state index is -0.435. The summed E-state index contributed by atoms with van der Waals surface area (Å²) in [5.41, 5.74) is 2.91. The molecule has 4 heteroatoms. The van der Waals surface area contributed by atoms with Gasteiger partial charge >= 0.3 is 0 Å². The molecule has 1 aliphatic carbocycles. The second-order valence-electron chi connectivity index (χ2n) is 4.35. The zero-order valence-corrected chi connectivity index (χ0v) is 9.28. The van der Waals surface area contributed by atoms with Crippen LogP contribution in [0.3, 0.4) is 0 Å². The summed E-state index contributed by atoms with van der Waals surface area (Å²) < 4.78 is 0. The van der Waals surface area contributed by atoms with Crippen LogP contribution in [-0.2, 0) is 10.2 Å². The van der Waals surface area contributed by atoms with Crippen molar-refractivity contribution in [2.24, 2.45) is 5.84 Å². The Kier molecular flexibility index (Phi) is 3.19. The van der Waals surface area contributed by atoms with E-state index in [4.69, 9.17) is 5.84 Å². The third-order valence-electron chi connectivity index (χ3n) is 3.51. The summed E-state index contributed by atoms with van der Waals surface area (Å²) in [7, 11) is 0. The van der Waals surface area contributed by atoms with Crippen LogP contribution in [0.15, 0.2) is 24.5 Å². The highest BCUT2D eigenvalue weighted by Crippen LogP contribution is 2.39.